The maximum Gasteiger partial charge on any atom is 0.341 e. The van der Waals surface area contributed by atoms with Gasteiger partial charge in [-0.15, -0.1) is 0 Å². The summed E-state index contributed by atoms with van der Waals surface area (Å²) in [4.78, 5) is 25.3. The van der Waals surface area contributed by atoms with E-state index in [9.17, 15) is 14.2 Å². The van der Waals surface area contributed by atoms with E-state index in [0.717, 1.165) is 0 Å². The molecule has 0 heterocycles. The second-order valence-corrected chi connectivity index (χ2v) is 7.58. The smallest absolute Gasteiger partial charge is 0.311 e. The monoisotopic (exact) mass is 346 g/mol. The lowest BCUT2D eigenvalue weighted by atomic mass is 10.0. The maximum absolute atomic E-state index is 12.8. The van der Waals surface area contributed by atoms with E-state index in [2.05, 4.69) is 0 Å². The molecule has 0 aliphatic rings. The summed E-state index contributed by atoms with van der Waals surface area (Å²) < 4.78 is 22.8. The van der Waals surface area contributed by atoms with Gasteiger partial charge in [0.25, 0.3) is 0 Å². The van der Waals surface area contributed by atoms with Gasteiger partial charge in [0.1, 0.15) is 5.66 Å². The zero-order chi connectivity index (χ0) is 17.6. The lowest BCUT2D eigenvalue weighted by molar-refractivity contribution is 0.0906. The van der Waals surface area contributed by atoms with Gasteiger partial charge >= 0.3 is 7.60 Å². The van der Waals surface area contributed by atoms with Crippen LogP contribution in [0.15, 0.2) is 60.7 Å². The van der Waals surface area contributed by atoms with Crippen LogP contribution in [0, 0.1) is 0 Å². The van der Waals surface area contributed by atoms with E-state index in [0.29, 0.717) is 11.1 Å². The number of carbonyl (C=O) groups excluding carboxylic acids is 2. The number of rotatable bonds is 8. The molecule has 0 aromatic heterocycles. The second-order valence-electron chi connectivity index (χ2n) is 5.14. The summed E-state index contributed by atoms with van der Waals surface area (Å²) in [7, 11) is -1.34. The normalized spacial score (nSPS) is 12.6. The molecular weight excluding hydrogens is 327 g/mol. The van der Waals surface area contributed by atoms with Gasteiger partial charge in [-0.3, -0.25) is 14.2 Å². The molecule has 2 rings (SSSR count). The molecular formula is C18H19O5P. The summed E-state index contributed by atoms with van der Waals surface area (Å²) in [6.07, 6.45) is -0.253. The molecule has 1 atom stereocenters. The highest BCUT2D eigenvalue weighted by molar-refractivity contribution is 7.55. The van der Waals surface area contributed by atoms with Crippen molar-refractivity contribution in [3.63, 3.8) is 0 Å². The van der Waals surface area contributed by atoms with Crippen LogP contribution < -0.4 is 0 Å². The third-order valence-electron chi connectivity index (χ3n) is 3.73. The number of hydrogen-bond donors (Lipinski definition) is 0. The molecule has 0 fully saturated rings. The van der Waals surface area contributed by atoms with Gasteiger partial charge in [0.2, 0.25) is 0 Å². The minimum Gasteiger partial charge on any atom is -0.311 e. The summed E-state index contributed by atoms with van der Waals surface area (Å²) in [6.45, 7) is 0. The van der Waals surface area contributed by atoms with Crippen LogP contribution in [0.2, 0.25) is 0 Å². The zero-order valence-corrected chi connectivity index (χ0v) is 14.4. The number of ketones is 2. The average molecular weight is 346 g/mol. The van der Waals surface area contributed by atoms with Crippen LogP contribution in [0.5, 0.6) is 0 Å². The fraction of sp³-hybridized carbons (Fsp3) is 0.222. The Morgan fingerprint density at radius 1 is 0.875 bits per heavy atom. The van der Waals surface area contributed by atoms with Crippen molar-refractivity contribution in [2.75, 3.05) is 14.2 Å². The van der Waals surface area contributed by atoms with Crippen LogP contribution in [-0.2, 0) is 13.6 Å². The van der Waals surface area contributed by atoms with Gasteiger partial charge in [-0.1, -0.05) is 60.7 Å². The van der Waals surface area contributed by atoms with Crippen molar-refractivity contribution in [2.24, 2.45) is 0 Å². The Hall–Kier alpha value is -2.07. The first-order valence-electron chi connectivity index (χ1n) is 7.40. The van der Waals surface area contributed by atoms with E-state index in [1.54, 1.807) is 60.7 Å². The summed E-state index contributed by atoms with van der Waals surface area (Å²) in [5.41, 5.74) is -0.387. The van der Waals surface area contributed by atoms with Crippen LogP contribution in [-0.4, -0.2) is 31.4 Å². The van der Waals surface area contributed by atoms with Crippen LogP contribution >= 0.6 is 7.60 Å². The number of hydrogen-bond acceptors (Lipinski definition) is 5. The highest BCUT2D eigenvalue weighted by atomic mass is 31.2. The number of carbonyl (C=O) groups is 2. The predicted octanol–water partition coefficient (Wildman–Crippen LogP) is 4.00. The molecule has 126 valence electrons. The molecule has 24 heavy (non-hydrogen) atoms. The second kappa shape index (κ2) is 8.15. The quantitative estimate of drug-likeness (QED) is 0.534. The molecule has 0 spiro atoms. The molecule has 0 saturated carbocycles. The predicted molar refractivity (Wildman–Crippen MR) is 91.6 cm³/mol. The zero-order valence-electron chi connectivity index (χ0n) is 13.5. The third-order valence-corrected chi connectivity index (χ3v) is 5.92. The number of Topliss-reactive ketones (excluding diaryl/α,β-unsaturated/α-hetero) is 2. The molecule has 0 aliphatic carbocycles. The van der Waals surface area contributed by atoms with E-state index >= 15 is 0 Å². The van der Waals surface area contributed by atoms with Gasteiger partial charge in [-0.25, -0.2) is 0 Å². The molecule has 5 nitrogen and oxygen atoms in total. The van der Waals surface area contributed by atoms with Gasteiger partial charge < -0.3 is 9.05 Å². The van der Waals surface area contributed by atoms with Gasteiger partial charge in [0, 0.05) is 31.8 Å². The van der Waals surface area contributed by atoms with Crippen LogP contribution in [0.25, 0.3) is 0 Å². The lowest BCUT2D eigenvalue weighted by Gasteiger charge is -2.23. The van der Waals surface area contributed by atoms with Crippen molar-refractivity contribution in [3.8, 4) is 0 Å². The summed E-state index contributed by atoms with van der Waals surface area (Å²) in [5.74, 6) is -0.730. The fourth-order valence-corrected chi connectivity index (χ4v) is 3.87. The summed E-state index contributed by atoms with van der Waals surface area (Å²) in [5, 5.41) is 0. The highest BCUT2D eigenvalue weighted by Crippen LogP contribution is 2.54. The third kappa shape index (κ3) is 4.06. The van der Waals surface area contributed by atoms with Crippen molar-refractivity contribution in [3.05, 3.63) is 71.8 Å². The van der Waals surface area contributed by atoms with E-state index in [1.165, 1.54) is 14.2 Å². The largest absolute Gasteiger partial charge is 0.341 e. The van der Waals surface area contributed by atoms with Crippen molar-refractivity contribution in [1.82, 2.24) is 0 Å². The Morgan fingerprint density at radius 2 is 1.33 bits per heavy atom. The van der Waals surface area contributed by atoms with Gasteiger partial charge in [-0.2, -0.15) is 0 Å². The molecule has 0 bridgehead atoms. The molecule has 1 unspecified atom stereocenters. The first-order chi connectivity index (χ1) is 11.5. The number of benzene rings is 2. The van der Waals surface area contributed by atoms with E-state index < -0.39 is 19.0 Å². The Labute approximate surface area is 141 Å². The Morgan fingerprint density at radius 3 is 1.79 bits per heavy atom. The van der Waals surface area contributed by atoms with Crippen LogP contribution in [0.1, 0.15) is 27.1 Å². The average Bonchev–Trinajstić information content (AvgIpc) is 2.66. The van der Waals surface area contributed by atoms with Gasteiger partial charge in [-0.05, 0) is 0 Å². The molecule has 0 radical (unpaired) electrons. The lowest BCUT2D eigenvalue weighted by Crippen LogP contribution is -2.26. The van der Waals surface area contributed by atoms with Crippen LogP contribution in [0.3, 0.4) is 0 Å². The molecule has 0 saturated heterocycles. The van der Waals surface area contributed by atoms with Crippen molar-refractivity contribution >= 4 is 19.2 Å². The molecule has 2 aromatic rings. The first-order valence-corrected chi connectivity index (χ1v) is 9.01. The summed E-state index contributed by atoms with van der Waals surface area (Å²) >= 11 is 0. The van der Waals surface area contributed by atoms with Crippen molar-refractivity contribution in [1.29, 1.82) is 0 Å². The standard InChI is InChI=1S/C18H19O5P/c1-22-24(21,23-2)17(18(20)15-11-7-4-8-12-15)13-16(19)14-9-5-3-6-10-14/h3-12,17H,13H2,1-2H3. The fourth-order valence-electron chi connectivity index (χ4n) is 2.39. The molecule has 2 aromatic carbocycles. The van der Waals surface area contributed by atoms with E-state index in [1.807, 2.05) is 0 Å². The first kappa shape index (κ1) is 18.3. The van der Waals surface area contributed by atoms with Gasteiger partial charge in [0.15, 0.2) is 11.6 Å². The van der Waals surface area contributed by atoms with Crippen molar-refractivity contribution in [2.45, 2.75) is 12.1 Å². The maximum atomic E-state index is 12.8. The highest BCUT2D eigenvalue weighted by Gasteiger charge is 2.41. The van der Waals surface area contributed by atoms with Crippen LogP contribution in [0.4, 0.5) is 0 Å². The topological polar surface area (TPSA) is 69.7 Å². The van der Waals surface area contributed by atoms with Crippen molar-refractivity contribution < 1.29 is 23.2 Å². The molecule has 0 amide bonds. The minimum atomic E-state index is -3.76. The minimum absolute atomic E-state index is 0.253. The molecule has 0 aliphatic heterocycles. The molecule has 6 heteroatoms. The summed E-state index contributed by atoms with van der Waals surface area (Å²) in [6, 6.07) is 16.9. The van der Waals surface area contributed by atoms with Gasteiger partial charge in [0.05, 0.1) is 0 Å². The van der Waals surface area contributed by atoms with E-state index in [-0.39, 0.29) is 12.2 Å². The van der Waals surface area contributed by atoms with E-state index in [4.69, 9.17) is 9.05 Å². The Bertz CT molecular complexity index is 735. The Balaban J connectivity index is 2.35. The SMILES string of the molecule is COP(=O)(OC)C(CC(=O)c1ccccc1)C(=O)c1ccccc1. The molecule has 0 N–H and O–H groups in total. The Kier molecular flexibility index (Phi) is 6.21.